The molecule has 148 valence electrons. The molecule has 0 saturated carbocycles. The summed E-state index contributed by atoms with van der Waals surface area (Å²) in [5, 5.41) is 10.3. The third kappa shape index (κ3) is 3.84. The summed E-state index contributed by atoms with van der Waals surface area (Å²) in [7, 11) is 1.57. The Morgan fingerprint density at radius 3 is 2.59 bits per heavy atom. The second kappa shape index (κ2) is 8.00. The van der Waals surface area contributed by atoms with Crippen molar-refractivity contribution in [3.05, 3.63) is 75.0 Å². The van der Waals surface area contributed by atoms with Gasteiger partial charge in [0.05, 0.1) is 11.4 Å². The Balaban J connectivity index is 1.56. The van der Waals surface area contributed by atoms with Gasteiger partial charge in [-0.05, 0) is 41.0 Å². The summed E-state index contributed by atoms with van der Waals surface area (Å²) >= 11 is 1.45. The van der Waals surface area contributed by atoms with Gasteiger partial charge in [0.15, 0.2) is 0 Å². The number of aryl methyl sites for hydroxylation is 3. The average Bonchev–Trinajstić information content (AvgIpc) is 3.34. The van der Waals surface area contributed by atoms with Crippen molar-refractivity contribution >= 4 is 11.3 Å². The van der Waals surface area contributed by atoms with E-state index >= 15 is 0 Å². The molecular formula is C21H21N5O2S. The van der Waals surface area contributed by atoms with Crippen LogP contribution in [0.15, 0.2) is 52.6 Å². The van der Waals surface area contributed by atoms with Crippen molar-refractivity contribution in [2.75, 3.05) is 0 Å². The van der Waals surface area contributed by atoms with Crippen LogP contribution in [0.5, 0.6) is 5.19 Å². The predicted molar refractivity (Wildman–Crippen MR) is 113 cm³/mol. The maximum absolute atomic E-state index is 12.3. The molecule has 2 aromatic heterocycles. The molecule has 0 radical (unpaired) electrons. The summed E-state index contributed by atoms with van der Waals surface area (Å²) in [5.74, 6) is 0. The largest absolute Gasteiger partial charge is 0.465 e. The van der Waals surface area contributed by atoms with E-state index < -0.39 is 0 Å². The van der Waals surface area contributed by atoms with Gasteiger partial charge in [-0.3, -0.25) is 0 Å². The van der Waals surface area contributed by atoms with Crippen molar-refractivity contribution in [2.24, 2.45) is 7.05 Å². The highest BCUT2D eigenvalue weighted by molar-refractivity contribution is 7.11. The van der Waals surface area contributed by atoms with E-state index in [1.165, 1.54) is 26.3 Å². The fourth-order valence-electron chi connectivity index (χ4n) is 3.04. The molecule has 2 aromatic carbocycles. The van der Waals surface area contributed by atoms with E-state index in [1.54, 1.807) is 7.05 Å². The predicted octanol–water partition coefficient (Wildman–Crippen LogP) is 3.54. The average molecular weight is 407 g/mol. The van der Waals surface area contributed by atoms with Gasteiger partial charge in [-0.15, -0.1) is 0 Å². The molecule has 0 spiro atoms. The number of aromatic nitrogens is 5. The minimum absolute atomic E-state index is 0.284. The Bertz CT molecular complexity index is 1190. The minimum Gasteiger partial charge on any atom is -0.465 e. The Morgan fingerprint density at radius 1 is 1.10 bits per heavy atom. The van der Waals surface area contributed by atoms with Crippen LogP contribution in [0.4, 0.5) is 0 Å². The van der Waals surface area contributed by atoms with Gasteiger partial charge >= 0.3 is 5.69 Å². The zero-order chi connectivity index (χ0) is 20.4. The molecule has 0 aliphatic carbocycles. The highest BCUT2D eigenvalue weighted by Gasteiger charge is 2.14. The molecule has 0 aliphatic heterocycles. The summed E-state index contributed by atoms with van der Waals surface area (Å²) in [6.07, 6.45) is 1.01. The molecule has 0 unspecified atom stereocenters. The molecule has 0 saturated heterocycles. The van der Waals surface area contributed by atoms with Crippen molar-refractivity contribution in [1.29, 1.82) is 0 Å². The van der Waals surface area contributed by atoms with Gasteiger partial charge in [0.2, 0.25) is 0 Å². The molecule has 4 rings (SSSR count). The fourth-order valence-corrected chi connectivity index (χ4v) is 3.72. The van der Waals surface area contributed by atoms with Crippen LogP contribution in [0.1, 0.15) is 23.6 Å². The number of hydrogen-bond donors (Lipinski definition) is 0. The first kappa shape index (κ1) is 19.1. The monoisotopic (exact) mass is 407 g/mol. The van der Waals surface area contributed by atoms with E-state index in [-0.39, 0.29) is 12.3 Å². The lowest BCUT2D eigenvalue weighted by molar-refractivity contribution is 0.303. The number of benzene rings is 2. The fraction of sp³-hybridized carbons (Fsp3) is 0.238. The molecule has 4 aromatic rings. The first-order valence-electron chi connectivity index (χ1n) is 9.32. The first-order chi connectivity index (χ1) is 14.1. The van der Waals surface area contributed by atoms with Crippen molar-refractivity contribution in [3.63, 3.8) is 0 Å². The van der Waals surface area contributed by atoms with Gasteiger partial charge in [0, 0.05) is 23.6 Å². The minimum atomic E-state index is -0.302. The zero-order valence-corrected chi connectivity index (χ0v) is 17.3. The first-order valence-corrected chi connectivity index (χ1v) is 10.2. The van der Waals surface area contributed by atoms with E-state index in [4.69, 9.17) is 4.74 Å². The number of ether oxygens (including phenoxy) is 1. The van der Waals surface area contributed by atoms with Gasteiger partial charge in [-0.1, -0.05) is 54.7 Å². The number of tetrazole rings is 1. The maximum atomic E-state index is 12.3. The smallest absolute Gasteiger partial charge is 0.368 e. The molecule has 0 amide bonds. The van der Waals surface area contributed by atoms with Crippen molar-refractivity contribution in [3.8, 4) is 22.1 Å². The molecule has 2 heterocycles. The van der Waals surface area contributed by atoms with Gasteiger partial charge in [-0.2, -0.15) is 9.36 Å². The molecular weight excluding hydrogens is 386 g/mol. The maximum Gasteiger partial charge on any atom is 0.368 e. The van der Waals surface area contributed by atoms with Crippen molar-refractivity contribution in [2.45, 2.75) is 26.9 Å². The van der Waals surface area contributed by atoms with Gasteiger partial charge in [0.25, 0.3) is 5.19 Å². The second-order valence-electron chi connectivity index (χ2n) is 6.71. The number of rotatable bonds is 6. The van der Waals surface area contributed by atoms with Crippen LogP contribution < -0.4 is 10.4 Å². The summed E-state index contributed by atoms with van der Waals surface area (Å²) in [4.78, 5) is 16.9. The van der Waals surface area contributed by atoms with Crippen LogP contribution in [-0.4, -0.2) is 24.8 Å². The number of thiazole rings is 1. The van der Waals surface area contributed by atoms with Crippen LogP contribution >= 0.6 is 11.3 Å². The summed E-state index contributed by atoms with van der Waals surface area (Å²) in [5.41, 5.74) is 5.50. The number of hydrogen-bond acceptors (Lipinski definition) is 6. The van der Waals surface area contributed by atoms with E-state index in [0.29, 0.717) is 10.9 Å². The molecule has 0 fully saturated rings. The molecule has 0 bridgehead atoms. The summed E-state index contributed by atoms with van der Waals surface area (Å²) < 4.78 is 8.45. The van der Waals surface area contributed by atoms with E-state index in [1.807, 2.05) is 30.5 Å². The standard InChI is InChI=1S/C21H21N5O2S/c1-4-15-8-10-16(11-9-15)18-13-29-20(22-18)28-12-17-14(2)6-5-7-19(17)26-21(27)25(3)23-24-26/h5-11,13H,4,12H2,1-3H3. The molecule has 29 heavy (non-hydrogen) atoms. The molecule has 8 heteroatoms. The molecule has 0 aliphatic rings. The SMILES string of the molecule is CCc1ccc(-c2csc(OCc3c(C)cccc3-n3nnn(C)c3=O)n2)cc1. The van der Waals surface area contributed by atoms with Crippen LogP contribution in [0.3, 0.4) is 0 Å². The topological polar surface area (TPSA) is 74.8 Å². The Hall–Kier alpha value is -3.26. The van der Waals surface area contributed by atoms with E-state index in [0.717, 1.165) is 28.8 Å². The normalized spacial score (nSPS) is 11.0. The molecule has 0 atom stereocenters. The lowest BCUT2D eigenvalue weighted by atomic mass is 10.1. The summed E-state index contributed by atoms with van der Waals surface area (Å²) in [6.45, 7) is 4.40. The van der Waals surface area contributed by atoms with Crippen LogP contribution in [0.2, 0.25) is 0 Å². The lowest BCUT2D eigenvalue weighted by Crippen LogP contribution is -2.23. The molecule has 7 nitrogen and oxygen atoms in total. The lowest BCUT2D eigenvalue weighted by Gasteiger charge is -2.11. The Labute approximate surface area is 172 Å². The molecule has 0 N–H and O–H groups in total. The van der Waals surface area contributed by atoms with Crippen molar-refractivity contribution < 1.29 is 4.74 Å². The number of nitrogens with zero attached hydrogens (tertiary/aromatic N) is 5. The van der Waals surface area contributed by atoms with Crippen LogP contribution in [-0.2, 0) is 20.1 Å². The van der Waals surface area contributed by atoms with Gasteiger partial charge < -0.3 is 4.74 Å². The third-order valence-electron chi connectivity index (χ3n) is 4.82. The highest BCUT2D eigenvalue weighted by Crippen LogP contribution is 2.28. The second-order valence-corrected chi connectivity index (χ2v) is 7.53. The van der Waals surface area contributed by atoms with Crippen molar-refractivity contribution in [1.82, 2.24) is 24.8 Å². The van der Waals surface area contributed by atoms with Crippen LogP contribution in [0, 0.1) is 6.92 Å². The van der Waals surface area contributed by atoms with Crippen LogP contribution in [0.25, 0.3) is 16.9 Å². The van der Waals surface area contributed by atoms with E-state index in [2.05, 4.69) is 46.6 Å². The quantitative estimate of drug-likeness (QED) is 0.489. The zero-order valence-electron chi connectivity index (χ0n) is 16.5. The third-order valence-corrected chi connectivity index (χ3v) is 5.57. The van der Waals surface area contributed by atoms with Gasteiger partial charge in [0.1, 0.15) is 6.61 Å². The Morgan fingerprint density at radius 2 is 1.90 bits per heavy atom. The van der Waals surface area contributed by atoms with Gasteiger partial charge in [-0.25, -0.2) is 9.78 Å². The van der Waals surface area contributed by atoms with E-state index in [9.17, 15) is 4.79 Å². The summed E-state index contributed by atoms with van der Waals surface area (Å²) in [6, 6.07) is 14.1. The highest BCUT2D eigenvalue weighted by atomic mass is 32.1. The Kier molecular flexibility index (Phi) is 5.26.